The number of para-hydroxylation sites is 1. The Kier molecular flexibility index (Phi) is 2.44. The quantitative estimate of drug-likeness (QED) is 0.783. The van der Waals surface area contributed by atoms with Crippen molar-refractivity contribution in [2.45, 2.75) is 13.3 Å². The minimum Gasteiger partial charge on any atom is -0.481 e. The number of nitrogens with one attached hydrogen (secondary N) is 1. The first-order valence-corrected chi connectivity index (χ1v) is 4.78. The van der Waals surface area contributed by atoms with Gasteiger partial charge in [-0.05, 0) is 18.6 Å². The molecule has 0 fully saturated rings. The van der Waals surface area contributed by atoms with Gasteiger partial charge in [0.15, 0.2) is 0 Å². The summed E-state index contributed by atoms with van der Waals surface area (Å²) in [6.45, 7) is 1.83. The van der Waals surface area contributed by atoms with Crippen molar-refractivity contribution in [3.63, 3.8) is 0 Å². The summed E-state index contributed by atoms with van der Waals surface area (Å²) in [5, 5.41) is 9.12. The number of aromatic amines is 1. The molecule has 0 radical (unpaired) electrons. The molecule has 0 bridgehead atoms. The number of nitrogens with zero attached hydrogens (tertiary/aromatic N) is 1. The van der Waals surface area contributed by atoms with Crippen molar-refractivity contribution in [2.24, 2.45) is 0 Å². The number of aliphatic carboxylic acids is 1. The maximum Gasteiger partial charge on any atom is 0.311 e. The Morgan fingerprint density at radius 1 is 1.50 bits per heavy atom. The van der Waals surface area contributed by atoms with E-state index in [4.69, 9.17) is 5.11 Å². The van der Waals surface area contributed by atoms with Crippen molar-refractivity contribution in [1.82, 2.24) is 9.97 Å². The lowest BCUT2D eigenvalue weighted by Crippen LogP contribution is -2.15. The number of fused-ring (bicyclic) bond motifs is 1. The van der Waals surface area contributed by atoms with Crippen LogP contribution in [-0.4, -0.2) is 21.0 Å². The summed E-state index contributed by atoms with van der Waals surface area (Å²) < 4.78 is 0. The molecule has 2 N–H and O–H groups in total. The Morgan fingerprint density at radius 2 is 2.25 bits per heavy atom. The van der Waals surface area contributed by atoms with Crippen molar-refractivity contribution >= 4 is 16.9 Å². The smallest absolute Gasteiger partial charge is 0.311 e. The number of carboxylic acids is 1. The van der Waals surface area contributed by atoms with E-state index in [1.165, 1.54) is 0 Å². The number of hydrogen-bond acceptors (Lipinski definition) is 3. The highest BCUT2D eigenvalue weighted by Crippen LogP contribution is 2.11. The first-order valence-electron chi connectivity index (χ1n) is 4.78. The Balaban J connectivity index is 2.70. The van der Waals surface area contributed by atoms with Gasteiger partial charge in [0, 0.05) is 0 Å². The molecular weight excluding hydrogens is 208 g/mol. The van der Waals surface area contributed by atoms with Crippen molar-refractivity contribution in [1.29, 1.82) is 0 Å². The van der Waals surface area contributed by atoms with Crippen molar-refractivity contribution in [3.05, 3.63) is 39.9 Å². The Bertz CT molecular complexity index is 616. The zero-order valence-corrected chi connectivity index (χ0v) is 8.65. The summed E-state index contributed by atoms with van der Waals surface area (Å²) in [5.41, 5.74) is 1.11. The fourth-order valence-corrected chi connectivity index (χ4v) is 1.58. The molecule has 5 heteroatoms. The number of carboxylic acid groups (broad SMARTS) is 1. The molecule has 1 aromatic heterocycles. The van der Waals surface area contributed by atoms with Gasteiger partial charge in [0.1, 0.15) is 12.2 Å². The molecule has 2 rings (SSSR count). The van der Waals surface area contributed by atoms with Crippen LogP contribution in [-0.2, 0) is 11.2 Å². The molecule has 16 heavy (non-hydrogen) atoms. The Morgan fingerprint density at radius 3 is 2.94 bits per heavy atom. The Labute approximate surface area is 90.8 Å². The number of benzene rings is 1. The molecular formula is C11H10N2O3. The third-order valence-corrected chi connectivity index (χ3v) is 2.31. The van der Waals surface area contributed by atoms with Crippen molar-refractivity contribution in [3.8, 4) is 0 Å². The van der Waals surface area contributed by atoms with Crippen LogP contribution in [0.1, 0.15) is 11.4 Å². The van der Waals surface area contributed by atoms with E-state index in [1.54, 1.807) is 12.1 Å². The third kappa shape index (κ3) is 1.79. The molecule has 1 aromatic carbocycles. The molecule has 2 aromatic rings. The Hall–Kier alpha value is -2.17. The lowest BCUT2D eigenvalue weighted by Gasteiger charge is -2.02. The van der Waals surface area contributed by atoms with Crippen LogP contribution in [0.15, 0.2) is 23.0 Å². The highest BCUT2D eigenvalue weighted by molar-refractivity contribution is 5.81. The zero-order valence-electron chi connectivity index (χ0n) is 8.65. The molecule has 0 saturated carbocycles. The first-order chi connectivity index (χ1) is 7.58. The summed E-state index contributed by atoms with van der Waals surface area (Å²) in [4.78, 5) is 28.8. The molecule has 5 nitrogen and oxygen atoms in total. The topological polar surface area (TPSA) is 83.0 Å². The molecule has 0 atom stereocenters. The molecule has 0 amide bonds. The van der Waals surface area contributed by atoms with Crippen LogP contribution < -0.4 is 5.56 Å². The van der Waals surface area contributed by atoms with E-state index in [1.807, 2.05) is 13.0 Å². The van der Waals surface area contributed by atoms with Crippen LogP contribution in [0.3, 0.4) is 0 Å². The van der Waals surface area contributed by atoms with E-state index in [9.17, 15) is 9.59 Å². The SMILES string of the molecule is Cc1cccc2c(=O)[nH]c(CC(=O)O)nc12. The minimum absolute atomic E-state index is 0.180. The molecule has 82 valence electrons. The average molecular weight is 218 g/mol. The van der Waals surface area contributed by atoms with Crippen molar-refractivity contribution in [2.75, 3.05) is 0 Å². The molecule has 0 unspecified atom stereocenters. The van der Waals surface area contributed by atoms with Gasteiger partial charge in [0.05, 0.1) is 10.9 Å². The second kappa shape index (κ2) is 3.77. The molecule has 1 heterocycles. The summed E-state index contributed by atoms with van der Waals surface area (Å²) in [5.74, 6) is -0.838. The van der Waals surface area contributed by atoms with E-state index < -0.39 is 5.97 Å². The predicted octanol–water partition coefficient (Wildman–Crippen LogP) is 0.859. The molecule has 0 spiro atoms. The predicted molar refractivity (Wildman–Crippen MR) is 58.4 cm³/mol. The summed E-state index contributed by atoms with van der Waals surface area (Å²) >= 11 is 0. The second-order valence-corrected chi connectivity index (χ2v) is 3.55. The van der Waals surface area contributed by atoms with E-state index in [0.29, 0.717) is 10.9 Å². The standard InChI is InChI=1S/C11H10N2O3/c1-6-3-2-4-7-10(6)12-8(5-9(14)15)13-11(7)16/h2-4H,5H2,1H3,(H,14,15)(H,12,13,16). The second-order valence-electron chi connectivity index (χ2n) is 3.55. The monoisotopic (exact) mass is 218 g/mol. The molecule has 0 aliphatic carbocycles. The van der Waals surface area contributed by atoms with Crippen LogP contribution in [0.25, 0.3) is 10.9 Å². The van der Waals surface area contributed by atoms with Gasteiger partial charge in [-0.15, -0.1) is 0 Å². The van der Waals surface area contributed by atoms with Gasteiger partial charge in [-0.25, -0.2) is 4.98 Å². The normalized spacial score (nSPS) is 10.6. The van der Waals surface area contributed by atoms with Gasteiger partial charge in [-0.3, -0.25) is 9.59 Å². The first kappa shape index (κ1) is 10.4. The summed E-state index contributed by atoms with van der Waals surface area (Å²) in [6.07, 6.45) is -0.278. The van der Waals surface area contributed by atoms with Gasteiger partial charge in [0.2, 0.25) is 0 Å². The fraction of sp³-hybridized carbons (Fsp3) is 0.182. The van der Waals surface area contributed by atoms with Crippen LogP contribution in [0, 0.1) is 6.92 Å². The molecule has 0 aliphatic rings. The largest absolute Gasteiger partial charge is 0.481 e. The average Bonchev–Trinajstić information content (AvgIpc) is 2.19. The van der Waals surface area contributed by atoms with Gasteiger partial charge < -0.3 is 10.1 Å². The molecule has 0 saturated heterocycles. The summed E-state index contributed by atoms with van der Waals surface area (Å²) in [6, 6.07) is 5.27. The number of rotatable bonds is 2. The number of aryl methyl sites for hydroxylation is 1. The maximum atomic E-state index is 11.6. The van der Waals surface area contributed by atoms with E-state index >= 15 is 0 Å². The van der Waals surface area contributed by atoms with Crippen LogP contribution in [0.4, 0.5) is 0 Å². The lowest BCUT2D eigenvalue weighted by atomic mass is 10.1. The lowest BCUT2D eigenvalue weighted by molar-refractivity contribution is -0.136. The van der Waals surface area contributed by atoms with Crippen LogP contribution in [0.2, 0.25) is 0 Å². The van der Waals surface area contributed by atoms with E-state index in [0.717, 1.165) is 5.56 Å². The third-order valence-electron chi connectivity index (χ3n) is 2.31. The van der Waals surface area contributed by atoms with Crippen molar-refractivity contribution < 1.29 is 9.90 Å². The van der Waals surface area contributed by atoms with Crippen LogP contribution >= 0.6 is 0 Å². The number of hydrogen-bond donors (Lipinski definition) is 2. The number of aromatic nitrogens is 2. The molecule has 0 aliphatic heterocycles. The van der Waals surface area contributed by atoms with Gasteiger partial charge in [-0.2, -0.15) is 0 Å². The van der Waals surface area contributed by atoms with Gasteiger partial charge >= 0.3 is 5.97 Å². The maximum absolute atomic E-state index is 11.6. The highest BCUT2D eigenvalue weighted by atomic mass is 16.4. The van der Waals surface area contributed by atoms with Crippen LogP contribution in [0.5, 0.6) is 0 Å². The zero-order chi connectivity index (χ0) is 11.7. The van der Waals surface area contributed by atoms with Gasteiger partial charge in [0.25, 0.3) is 5.56 Å². The fourth-order valence-electron chi connectivity index (χ4n) is 1.58. The van der Waals surface area contributed by atoms with E-state index in [-0.39, 0.29) is 17.8 Å². The number of carbonyl (C=O) groups is 1. The summed E-state index contributed by atoms with van der Waals surface area (Å²) in [7, 11) is 0. The van der Waals surface area contributed by atoms with E-state index in [2.05, 4.69) is 9.97 Å². The number of H-pyrrole nitrogens is 1. The minimum atomic E-state index is -1.02. The van der Waals surface area contributed by atoms with Gasteiger partial charge in [-0.1, -0.05) is 12.1 Å². The highest BCUT2D eigenvalue weighted by Gasteiger charge is 2.08.